The van der Waals surface area contributed by atoms with Gasteiger partial charge in [0.05, 0.1) is 12.6 Å². The number of hydrogen-bond acceptors (Lipinski definition) is 9. The van der Waals surface area contributed by atoms with Gasteiger partial charge in [0.1, 0.15) is 17.7 Å². The molecule has 0 aliphatic rings. The fourth-order valence-corrected chi connectivity index (χ4v) is 4.26. The molecule has 2 rings (SSSR count). The van der Waals surface area contributed by atoms with Gasteiger partial charge in [-0.3, -0.25) is 29.0 Å². The molecule has 0 aliphatic carbocycles. The van der Waals surface area contributed by atoms with Crippen molar-refractivity contribution in [3.63, 3.8) is 0 Å². The third-order valence-electron chi connectivity index (χ3n) is 7.08. The van der Waals surface area contributed by atoms with E-state index in [0.717, 1.165) is 0 Å². The van der Waals surface area contributed by atoms with Crippen molar-refractivity contribution in [1.82, 2.24) is 16.0 Å². The summed E-state index contributed by atoms with van der Waals surface area (Å²) in [5, 5.41) is 19.8. The second-order valence-corrected chi connectivity index (χ2v) is 10.6. The van der Waals surface area contributed by atoms with Crippen LogP contribution in [0.1, 0.15) is 51.5 Å². The van der Waals surface area contributed by atoms with Gasteiger partial charge in [-0.05, 0) is 49.8 Å². The monoisotopic (exact) mass is 630 g/mol. The topological polar surface area (TPSA) is 274 Å². The van der Waals surface area contributed by atoms with Gasteiger partial charge in [0.15, 0.2) is 5.96 Å². The first-order valence-corrected chi connectivity index (χ1v) is 14.5. The number of aliphatic carboxylic acids is 1. The Morgan fingerprint density at radius 1 is 1.00 bits per heavy atom. The lowest BCUT2D eigenvalue weighted by Crippen LogP contribution is -2.54. The van der Waals surface area contributed by atoms with Gasteiger partial charge in [0.25, 0.3) is 0 Å². The number of hydrogen-bond donors (Lipinski definition) is 8. The van der Waals surface area contributed by atoms with Crippen LogP contribution in [0.2, 0.25) is 0 Å². The molecule has 16 nitrogen and oxygen atoms in total. The first-order chi connectivity index (χ1) is 21.2. The molecule has 0 saturated carbocycles. The molecule has 0 fully saturated rings. The molecule has 1 aromatic carbocycles. The lowest BCUT2D eigenvalue weighted by atomic mass is 9.98. The molecule has 45 heavy (non-hydrogen) atoms. The van der Waals surface area contributed by atoms with Crippen LogP contribution in [0.3, 0.4) is 0 Å². The Morgan fingerprint density at radius 3 is 2.33 bits per heavy atom. The van der Waals surface area contributed by atoms with E-state index in [1.807, 2.05) is 6.92 Å². The molecule has 0 radical (unpaired) electrons. The average Bonchev–Trinajstić information content (AvgIpc) is 2.97. The van der Waals surface area contributed by atoms with Crippen molar-refractivity contribution in [3.05, 3.63) is 40.2 Å². The summed E-state index contributed by atoms with van der Waals surface area (Å²) in [7, 11) is 0. The molecule has 4 unspecified atom stereocenters. The number of anilines is 1. The number of nitrogens with two attached hydrogens (primary N) is 3. The van der Waals surface area contributed by atoms with E-state index >= 15 is 0 Å². The number of carboxylic acids is 1. The van der Waals surface area contributed by atoms with Crippen LogP contribution in [0.25, 0.3) is 11.0 Å². The molecule has 0 aliphatic heterocycles. The summed E-state index contributed by atoms with van der Waals surface area (Å²) in [5.74, 6) is -4.25. The summed E-state index contributed by atoms with van der Waals surface area (Å²) in [5.41, 5.74) is 17.4. The van der Waals surface area contributed by atoms with Crippen molar-refractivity contribution >= 4 is 52.2 Å². The van der Waals surface area contributed by atoms with Crippen molar-refractivity contribution in [3.8, 4) is 0 Å². The highest BCUT2D eigenvalue weighted by Crippen LogP contribution is 2.21. The Bertz CT molecular complexity index is 1470. The summed E-state index contributed by atoms with van der Waals surface area (Å²) in [4.78, 5) is 78.2. The maximum Gasteiger partial charge on any atom is 0.336 e. The third-order valence-corrected chi connectivity index (χ3v) is 7.08. The zero-order valence-corrected chi connectivity index (χ0v) is 25.6. The smallest absolute Gasteiger partial charge is 0.336 e. The molecule has 0 spiro atoms. The SMILES string of the molecule is CCC(C)C(N)C(=O)NC(CCC(=O)O)C(=O)NCC(=O)NC(CCCN=C(N)N)C(=O)Nc1ccc2c(C)cc(=O)oc2c1. The summed E-state index contributed by atoms with van der Waals surface area (Å²) in [6.07, 6.45) is 0.392. The number of nitrogens with one attached hydrogen (secondary N) is 4. The van der Waals surface area contributed by atoms with Crippen molar-refractivity contribution in [2.24, 2.45) is 28.1 Å². The third kappa shape index (κ3) is 11.9. The second kappa shape index (κ2) is 17.3. The largest absolute Gasteiger partial charge is 0.481 e. The van der Waals surface area contributed by atoms with Crippen LogP contribution in [0.4, 0.5) is 5.69 Å². The Kier molecular flexibility index (Phi) is 14.0. The van der Waals surface area contributed by atoms with E-state index in [1.54, 1.807) is 26.0 Å². The number of fused-ring (bicyclic) bond motifs is 1. The zero-order valence-electron chi connectivity index (χ0n) is 25.6. The van der Waals surface area contributed by atoms with Gasteiger partial charge in [0, 0.05) is 36.2 Å². The van der Waals surface area contributed by atoms with Gasteiger partial charge < -0.3 is 48.0 Å². The molecule has 4 amide bonds. The van der Waals surface area contributed by atoms with Gasteiger partial charge in [-0.1, -0.05) is 20.3 Å². The quantitative estimate of drug-likeness (QED) is 0.0474. The Morgan fingerprint density at radius 2 is 1.69 bits per heavy atom. The van der Waals surface area contributed by atoms with Crippen molar-refractivity contribution in [2.75, 3.05) is 18.4 Å². The molecule has 16 heteroatoms. The molecule has 4 atom stereocenters. The fourth-order valence-electron chi connectivity index (χ4n) is 4.26. The first-order valence-electron chi connectivity index (χ1n) is 14.5. The van der Waals surface area contributed by atoms with E-state index in [-0.39, 0.29) is 36.8 Å². The minimum absolute atomic E-state index is 0.120. The maximum absolute atomic E-state index is 13.2. The van der Waals surface area contributed by atoms with Crippen molar-refractivity contribution in [1.29, 1.82) is 0 Å². The Hall–Kier alpha value is -4.99. The molecule has 1 aromatic heterocycles. The molecular formula is C29H42N8O8. The van der Waals surface area contributed by atoms with Crippen LogP contribution >= 0.6 is 0 Å². The first kappa shape index (κ1) is 36.2. The number of amides is 4. The summed E-state index contributed by atoms with van der Waals surface area (Å²) < 4.78 is 5.23. The van der Waals surface area contributed by atoms with Gasteiger partial charge in [-0.2, -0.15) is 0 Å². The molecule has 246 valence electrons. The minimum atomic E-state index is -1.26. The van der Waals surface area contributed by atoms with E-state index in [0.29, 0.717) is 29.5 Å². The number of carboxylic acid groups (broad SMARTS) is 1. The molecule has 0 saturated heterocycles. The number of carbonyl (C=O) groups excluding carboxylic acids is 4. The van der Waals surface area contributed by atoms with E-state index in [1.165, 1.54) is 12.1 Å². The molecule has 1 heterocycles. The van der Waals surface area contributed by atoms with Gasteiger partial charge in [0.2, 0.25) is 23.6 Å². The van der Waals surface area contributed by atoms with Crippen LogP contribution in [-0.2, 0) is 24.0 Å². The van der Waals surface area contributed by atoms with Crippen LogP contribution < -0.4 is 44.1 Å². The maximum atomic E-state index is 13.2. The molecule has 0 bridgehead atoms. The normalized spacial score (nSPS) is 13.5. The van der Waals surface area contributed by atoms with Crippen LogP contribution in [0.15, 0.2) is 38.5 Å². The predicted molar refractivity (Wildman–Crippen MR) is 167 cm³/mol. The number of benzene rings is 1. The van der Waals surface area contributed by atoms with E-state index in [4.69, 9.17) is 26.7 Å². The number of aliphatic imine (C=N–C) groups is 1. The van der Waals surface area contributed by atoms with Crippen molar-refractivity contribution < 1.29 is 33.5 Å². The van der Waals surface area contributed by atoms with Gasteiger partial charge in [-0.15, -0.1) is 0 Å². The van der Waals surface area contributed by atoms with Crippen LogP contribution in [0, 0.1) is 12.8 Å². The highest BCUT2D eigenvalue weighted by atomic mass is 16.4. The number of carbonyl (C=O) groups is 5. The van der Waals surface area contributed by atoms with Crippen molar-refractivity contribution in [2.45, 2.75) is 71.0 Å². The average molecular weight is 631 g/mol. The molecule has 11 N–H and O–H groups in total. The highest BCUT2D eigenvalue weighted by Gasteiger charge is 2.27. The van der Waals surface area contributed by atoms with Gasteiger partial charge >= 0.3 is 11.6 Å². The fraction of sp³-hybridized carbons (Fsp3) is 0.483. The summed E-state index contributed by atoms with van der Waals surface area (Å²) >= 11 is 0. The van der Waals surface area contributed by atoms with Gasteiger partial charge in [-0.25, -0.2) is 4.79 Å². The number of guanidine groups is 1. The minimum Gasteiger partial charge on any atom is -0.481 e. The van der Waals surface area contributed by atoms with E-state index < -0.39 is 66.3 Å². The predicted octanol–water partition coefficient (Wildman–Crippen LogP) is -0.582. The lowest BCUT2D eigenvalue weighted by Gasteiger charge is -2.23. The van der Waals surface area contributed by atoms with E-state index in [9.17, 15) is 28.8 Å². The summed E-state index contributed by atoms with van der Waals surface area (Å²) in [6.45, 7) is 4.98. The summed E-state index contributed by atoms with van der Waals surface area (Å²) in [6, 6.07) is 2.88. The van der Waals surface area contributed by atoms with E-state index in [2.05, 4.69) is 26.3 Å². The highest BCUT2D eigenvalue weighted by molar-refractivity contribution is 5.99. The second-order valence-electron chi connectivity index (χ2n) is 10.6. The molecule has 2 aromatic rings. The number of nitrogens with zero attached hydrogens (tertiary/aromatic N) is 1. The van der Waals surface area contributed by atoms with Crippen LogP contribution in [-0.4, -0.2) is 71.9 Å². The number of rotatable bonds is 17. The standard InChI is InChI=1S/C29H42N8O8/c1-4-15(2)25(30)28(44)37-20(9-10-23(39)40)26(42)34-14-22(38)36-19(6-5-11-33-29(31)32)27(43)35-17-7-8-18-16(3)12-24(41)45-21(18)13-17/h7-8,12-13,15,19-20,25H,4-6,9-11,14,30H2,1-3H3,(H,34,42)(H,35,43)(H,36,38)(H,37,44)(H,39,40)(H4,31,32,33). The number of aryl methyl sites for hydroxylation is 1. The lowest BCUT2D eigenvalue weighted by molar-refractivity contribution is -0.138. The van der Waals surface area contributed by atoms with Crippen LogP contribution in [0.5, 0.6) is 0 Å². The zero-order chi connectivity index (χ0) is 33.7. The molecular weight excluding hydrogens is 588 g/mol. The Balaban J connectivity index is 2.11. The Labute approximate surface area is 259 Å².